The highest BCUT2D eigenvalue weighted by molar-refractivity contribution is 7.09. The second kappa shape index (κ2) is 7.09. The van der Waals surface area contributed by atoms with E-state index in [1.54, 1.807) is 11.3 Å². The molecule has 0 fully saturated rings. The molecule has 0 saturated heterocycles. The van der Waals surface area contributed by atoms with E-state index in [0.717, 1.165) is 22.9 Å². The van der Waals surface area contributed by atoms with Gasteiger partial charge >= 0.3 is 0 Å². The van der Waals surface area contributed by atoms with E-state index in [2.05, 4.69) is 37.9 Å². The predicted octanol–water partition coefficient (Wildman–Crippen LogP) is 5.54. The van der Waals surface area contributed by atoms with Crippen LogP contribution in [-0.4, -0.2) is 4.98 Å². The lowest BCUT2D eigenvalue weighted by Crippen LogP contribution is -2.08. The number of aromatic nitrogens is 1. The van der Waals surface area contributed by atoms with E-state index in [1.807, 2.05) is 17.5 Å². The Balaban J connectivity index is 2.22. The van der Waals surface area contributed by atoms with Gasteiger partial charge in [0.2, 0.25) is 0 Å². The van der Waals surface area contributed by atoms with Crippen molar-refractivity contribution in [3.05, 3.63) is 45.9 Å². The Morgan fingerprint density at radius 2 is 2.05 bits per heavy atom. The van der Waals surface area contributed by atoms with E-state index in [9.17, 15) is 0 Å². The van der Waals surface area contributed by atoms with Crippen LogP contribution in [0.4, 0.5) is 0 Å². The zero-order valence-corrected chi connectivity index (χ0v) is 13.7. The molecule has 108 valence electrons. The number of hydrogen-bond donors (Lipinski definition) is 0. The fraction of sp³-hybridized carbons (Fsp3) is 0.438. The molecule has 1 atom stereocenters. The fourth-order valence-electron chi connectivity index (χ4n) is 2.06. The lowest BCUT2D eigenvalue weighted by molar-refractivity contribution is 0.198. The first-order chi connectivity index (χ1) is 9.65. The molecule has 1 heterocycles. The minimum Gasteiger partial charge on any atom is -0.483 e. The summed E-state index contributed by atoms with van der Waals surface area (Å²) < 4.78 is 6.20. The molecule has 0 aliphatic rings. The number of para-hydroxylation sites is 1. The molecule has 0 amide bonds. The normalized spacial score (nSPS) is 12.7. The third-order valence-electron chi connectivity index (χ3n) is 3.16. The van der Waals surface area contributed by atoms with Crippen molar-refractivity contribution in [3.8, 4) is 5.75 Å². The van der Waals surface area contributed by atoms with Gasteiger partial charge in [-0.25, -0.2) is 4.98 Å². The van der Waals surface area contributed by atoms with E-state index < -0.39 is 0 Å². The molecule has 2 nitrogen and oxygen atoms in total. The van der Waals surface area contributed by atoms with Gasteiger partial charge in [-0.1, -0.05) is 39.0 Å². The van der Waals surface area contributed by atoms with Gasteiger partial charge in [-0.2, -0.15) is 0 Å². The standard InChI is InChI=1S/C16H20ClNOS/c1-4-14(16-18-12(9-17)10-20-16)19-15-8-6-5-7-13(15)11(2)3/h5-8,10-11,14H,4,9H2,1-3H3. The van der Waals surface area contributed by atoms with Gasteiger partial charge in [0.1, 0.15) is 16.9 Å². The summed E-state index contributed by atoms with van der Waals surface area (Å²) in [5.74, 6) is 1.85. The molecule has 20 heavy (non-hydrogen) atoms. The van der Waals surface area contributed by atoms with Crippen LogP contribution in [-0.2, 0) is 5.88 Å². The van der Waals surface area contributed by atoms with Crippen molar-refractivity contribution in [3.63, 3.8) is 0 Å². The summed E-state index contributed by atoms with van der Waals surface area (Å²) in [7, 11) is 0. The number of nitrogens with zero attached hydrogens (tertiary/aromatic N) is 1. The Bertz CT molecular complexity index is 553. The minimum absolute atomic E-state index is 0.00290. The number of hydrogen-bond acceptors (Lipinski definition) is 3. The van der Waals surface area contributed by atoms with E-state index in [1.165, 1.54) is 5.56 Å². The minimum atomic E-state index is -0.00290. The summed E-state index contributed by atoms with van der Waals surface area (Å²) in [5.41, 5.74) is 2.16. The van der Waals surface area contributed by atoms with Crippen molar-refractivity contribution >= 4 is 22.9 Å². The van der Waals surface area contributed by atoms with Gasteiger partial charge in [-0.05, 0) is 24.0 Å². The molecule has 0 spiro atoms. The van der Waals surface area contributed by atoms with Crippen LogP contribution in [0.1, 0.15) is 55.5 Å². The van der Waals surface area contributed by atoms with Gasteiger partial charge in [0.25, 0.3) is 0 Å². The first-order valence-electron chi connectivity index (χ1n) is 6.91. The molecule has 1 aromatic heterocycles. The van der Waals surface area contributed by atoms with Gasteiger partial charge < -0.3 is 4.74 Å². The second-order valence-corrected chi connectivity index (χ2v) is 6.17. The molecule has 0 aliphatic carbocycles. The smallest absolute Gasteiger partial charge is 0.150 e. The van der Waals surface area contributed by atoms with Crippen LogP contribution in [0.3, 0.4) is 0 Å². The van der Waals surface area contributed by atoms with E-state index in [-0.39, 0.29) is 6.10 Å². The third kappa shape index (κ3) is 3.53. The van der Waals surface area contributed by atoms with Crippen LogP contribution in [0.5, 0.6) is 5.75 Å². The highest BCUT2D eigenvalue weighted by Crippen LogP contribution is 2.32. The topological polar surface area (TPSA) is 22.1 Å². The molecule has 0 bridgehead atoms. The SMILES string of the molecule is CCC(Oc1ccccc1C(C)C)c1nc(CCl)cs1. The summed E-state index contributed by atoms with van der Waals surface area (Å²) >= 11 is 7.44. The molecule has 0 aliphatic heterocycles. The zero-order chi connectivity index (χ0) is 14.5. The van der Waals surface area contributed by atoms with Crippen molar-refractivity contribution in [2.24, 2.45) is 0 Å². The first kappa shape index (κ1) is 15.3. The average molecular weight is 310 g/mol. The molecular weight excluding hydrogens is 290 g/mol. The quantitative estimate of drug-likeness (QED) is 0.654. The Morgan fingerprint density at radius 3 is 2.65 bits per heavy atom. The lowest BCUT2D eigenvalue weighted by Gasteiger charge is -2.19. The van der Waals surface area contributed by atoms with Crippen LogP contribution in [0.15, 0.2) is 29.6 Å². The van der Waals surface area contributed by atoms with Gasteiger partial charge in [0.15, 0.2) is 0 Å². The van der Waals surface area contributed by atoms with Crippen LogP contribution < -0.4 is 4.74 Å². The average Bonchev–Trinajstić information content (AvgIpc) is 2.93. The second-order valence-electron chi connectivity index (χ2n) is 5.02. The number of benzene rings is 1. The highest BCUT2D eigenvalue weighted by Gasteiger charge is 2.17. The van der Waals surface area contributed by atoms with Crippen molar-refractivity contribution in [1.82, 2.24) is 4.98 Å². The molecule has 1 unspecified atom stereocenters. The van der Waals surface area contributed by atoms with E-state index in [4.69, 9.17) is 16.3 Å². The van der Waals surface area contributed by atoms with Crippen molar-refractivity contribution in [2.75, 3.05) is 0 Å². The maximum absolute atomic E-state index is 6.20. The maximum atomic E-state index is 6.20. The summed E-state index contributed by atoms with van der Waals surface area (Å²) in [4.78, 5) is 4.53. The van der Waals surface area contributed by atoms with Crippen molar-refractivity contribution < 1.29 is 4.74 Å². The van der Waals surface area contributed by atoms with Gasteiger partial charge in [-0.15, -0.1) is 22.9 Å². The number of alkyl halides is 1. The molecule has 2 aromatic rings. The van der Waals surface area contributed by atoms with Crippen LogP contribution in [0, 0.1) is 0 Å². The molecular formula is C16H20ClNOS. The van der Waals surface area contributed by atoms with E-state index >= 15 is 0 Å². The Morgan fingerprint density at radius 1 is 1.30 bits per heavy atom. The summed E-state index contributed by atoms with van der Waals surface area (Å²) in [5, 5.41) is 3.00. The maximum Gasteiger partial charge on any atom is 0.150 e. The number of rotatable bonds is 6. The van der Waals surface area contributed by atoms with Crippen molar-refractivity contribution in [1.29, 1.82) is 0 Å². The lowest BCUT2D eigenvalue weighted by atomic mass is 10.0. The molecule has 4 heteroatoms. The Kier molecular flexibility index (Phi) is 5.44. The molecule has 0 radical (unpaired) electrons. The number of thiazole rings is 1. The monoisotopic (exact) mass is 309 g/mol. The molecule has 0 N–H and O–H groups in total. The van der Waals surface area contributed by atoms with Crippen LogP contribution in [0.2, 0.25) is 0 Å². The van der Waals surface area contributed by atoms with Gasteiger partial charge in [0.05, 0.1) is 11.6 Å². The largest absolute Gasteiger partial charge is 0.483 e. The number of halogens is 1. The molecule has 1 aromatic carbocycles. The number of ether oxygens (including phenoxy) is 1. The molecule has 0 saturated carbocycles. The Labute approximate surface area is 129 Å². The summed E-state index contributed by atoms with van der Waals surface area (Å²) in [6, 6.07) is 8.23. The van der Waals surface area contributed by atoms with Gasteiger partial charge in [0, 0.05) is 5.38 Å². The summed E-state index contributed by atoms with van der Waals surface area (Å²) in [6.07, 6.45) is 0.888. The predicted molar refractivity (Wildman–Crippen MR) is 85.9 cm³/mol. The van der Waals surface area contributed by atoms with Crippen molar-refractivity contribution in [2.45, 2.75) is 45.1 Å². The summed E-state index contributed by atoms with van der Waals surface area (Å²) in [6.45, 7) is 6.47. The van der Waals surface area contributed by atoms with Crippen LogP contribution >= 0.6 is 22.9 Å². The highest BCUT2D eigenvalue weighted by atomic mass is 35.5. The third-order valence-corrected chi connectivity index (χ3v) is 4.42. The fourth-order valence-corrected chi connectivity index (χ4v) is 3.22. The molecule has 2 rings (SSSR count). The van der Waals surface area contributed by atoms with Crippen LogP contribution in [0.25, 0.3) is 0 Å². The zero-order valence-electron chi connectivity index (χ0n) is 12.1. The van der Waals surface area contributed by atoms with E-state index in [0.29, 0.717) is 11.8 Å². The Hall–Kier alpha value is -1.06. The first-order valence-corrected chi connectivity index (χ1v) is 8.33. The van der Waals surface area contributed by atoms with Gasteiger partial charge in [-0.3, -0.25) is 0 Å².